The van der Waals surface area contributed by atoms with Crippen molar-refractivity contribution in [2.24, 2.45) is 0 Å². The third-order valence-electron chi connectivity index (χ3n) is 5.63. The van der Waals surface area contributed by atoms with Crippen LogP contribution in [0.15, 0.2) is 70.2 Å². The van der Waals surface area contributed by atoms with Crippen molar-refractivity contribution in [3.05, 3.63) is 77.7 Å². The number of thioether (sulfide) groups is 1. The second-order valence-electron chi connectivity index (χ2n) is 10.7. The largest absolute Gasteiger partial charge is 0.497 e. The quantitative estimate of drug-likeness (QED) is 0.222. The summed E-state index contributed by atoms with van der Waals surface area (Å²) in [4.78, 5) is 28.6. The van der Waals surface area contributed by atoms with E-state index in [1.807, 2.05) is 101 Å². The summed E-state index contributed by atoms with van der Waals surface area (Å²) in [7, 11) is 1.62. The summed E-state index contributed by atoms with van der Waals surface area (Å²) >= 11 is 1.47. The minimum absolute atomic E-state index is 0.115. The molecule has 0 aliphatic rings. The summed E-state index contributed by atoms with van der Waals surface area (Å²) in [5.41, 5.74) is 2.19. The summed E-state index contributed by atoms with van der Waals surface area (Å²) in [6, 6.07) is 17.3. The first-order valence-electron chi connectivity index (χ1n) is 12.6. The van der Waals surface area contributed by atoms with Gasteiger partial charge in [-0.15, -0.1) is 11.8 Å². The zero-order valence-electron chi connectivity index (χ0n) is 23.3. The Morgan fingerprint density at radius 1 is 1.00 bits per heavy atom. The van der Waals surface area contributed by atoms with E-state index in [9.17, 15) is 9.59 Å². The van der Waals surface area contributed by atoms with E-state index in [-0.39, 0.29) is 18.4 Å². The third kappa shape index (κ3) is 8.96. The molecule has 8 heteroatoms. The van der Waals surface area contributed by atoms with E-state index in [2.05, 4.69) is 5.32 Å². The van der Waals surface area contributed by atoms with Crippen molar-refractivity contribution in [2.75, 3.05) is 19.0 Å². The number of nitrogens with one attached hydrogen (secondary N) is 1. The SMILES string of the molecule is COc1ccc(NC(=O)CN(Cc2ccc(SC(C)(C)C(=O)OC(C)(C)C)cc2)Cc2ccco2)c(C)c1. The molecule has 1 heterocycles. The average Bonchev–Trinajstić information content (AvgIpc) is 3.33. The zero-order valence-corrected chi connectivity index (χ0v) is 24.1. The zero-order chi connectivity index (χ0) is 27.9. The van der Waals surface area contributed by atoms with Gasteiger partial charge in [0, 0.05) is 17.1 Å². The Morgan fingerprint density at radius 2 is 1.71 bits per heavy atom. The maximum absolute atomic E-state index is 13.0. The van der Waals surface area contributed by atoms with Gasteiger partial charge in [-0.3, -0.25) is 14.5 Å². The van der Waals surface area contributed by atoms with Crippen LogP contribution in [-0.2, 0) is 27.4 Å². The van der Waals surface area contributed by atoms with Gasteiger partial charge >= 0.3 is 5.97 Å². The average molecular weight is 539 g/mol. The van der Waals surface area contributed by atoms with E-state index in [0.717, 1.165) is 33.2 Å². The van der Waals surface area contributed by atoms with Gasteiger partial charge in [0.15, 0.2) is 0 Å². The van der Waals surface area contributed by atoms with Gasteiger partial charge in [-0.05, 0) is 95.1 Å². The molecule has 0 saturated heterocycles. The van der Waals surface area contributed by atoms with Crippen LogP contribution >= 0.6 is 11.8 Å². The number of anilines is 1. The van der Waals surface area contributed by atoms with E-state index in [4.69, 9.17) is 13.9 Å². The maximum atomic E-state index is 13.0. The van der Waals surface area contributed by atoms with Crippen LogP contribution in [0.4, 0.5) is 5.69 Å². The number of ether oxygens (including phenoxy) is 2. The lowest BCUT2D eigenvalue weighted by Gasteiger charge is -2.28. The van der Waals surface area contributed by atoms with Gasteiger partial charge < -0.3 is 19.2 Å². The lowest BCUT2D eigenvalue weighted by atomic mass is 10.1. The predicted molar refractivity (Wildman–Crippen MR) is 151 cm³/mol. The van der Waals surface area contributed by atoms with Crippen LogP contribution in [0.5, 0.6) is 5.75 Å². The molecule has 0 bridgehead atoms. The first-order chi connectivity index (χ1) is 17.8. The molecule has 3 rings (SSSR count). The van der Waals surface area contributed by atoms with E-state index >= 15 is 0 Å². The molecule has 3 aromatic rings. The van der Waals surface area contributed by atoms with Crippen LogP contribution < -0.4 is 10.1 Å². The molecule has 0 saturated carbocycles. The lowest BCUT2D eigenvalue weighted by molar-refractivity contribution is -0.156. The number of methoxy groups -OCH3 is 1. The van der Waals surface area contributed by atoms with Gasteiger partial charge in [-0.1, -0.05) is 12.1 Å². The highest BCUT2D eigenvalue weighted by Crippen LogP contribution is 2.35. The third-order valence-corrected chi connectivity index (χ3v) is 6.81. The summed E-state index contributed by atoms with van der Waals surface area (Å²) in [5, 5.41) is 3.00. The fraction of sp³-hybridized carbons (Fsp3) is 0.400. The Bertz CT molecular complexity index is 1210. The first-order valence-corrected chi connectivity index (χ1v) is 13.4. The minimum Gasteiger partial charge on any atom is -0.497 e. The second kappa shape index (κ2) is 12.5. The number of carbonyl (C=O) groups is 2. The predicted octanol–water partition coefficient (Wildman–Crippen LogP) is 6.45. The normalized spacial score (nSPS) is 11.9. The molecule has 0 aliphatic heterocycles. The molecule has 0 fully saturated rings. The van der Waals surface area contributed by atoms with Crippen molar-refractivity contribution in [2.45, 2.75) is 69.9 Å². The van der Waals surface area contributed by atoms with Crippen LogP contribution in [0.25, 0.3) is 0 Å². The number of amides is 1. The van der Waals surface area contributed by atoms with Crippen LogP contribution in [0, 0.1) is 6.92 Å². The van der Waals surface area contributed by atoms with E-state index in [0.29, 0.717) is 13.1 Å². The number of hydrogen-bond donors (Lipinski definition) is 1. The number of aryl methyl sites for hydroxylation is 1. The molecule has 2 aromatic carbocycles. The van der Waals surface area contributed by atoms with Crippen LogP contribution in [-0.4, -0.2) is 40.8 Å². The second-order valence-corrected chi connectivity index (χ2v) is 12.4. The van der Waals surface area contributed by atoms with Crippen molar-refractivity contribution in [1.82, 2.24) is 4.90 Å². The van der Waals surface area contributed by atoms with E-state index in [1.54, 1.807) is 13.4 Å². The topological polar surface area (TPSA) is 81.0 Å². The monoisotopic (exact) mass is 538 g/mol. The van der Waals surface area contributed by atoms with Gasteiger partial charge in [0.2, 0.25) is 5.91 Å². The van der Waals surface area contributed by atoms with Crippen molar-refractivity contribution in [3.8, 4) is 5.75 Å². The van der Waals surface area contributed by atoms with Gasteiger partial charge in [0.1, 0.15) is 21.9 Å². The molecule has 0 radical (unpaired) electrons. The molecule has 0 unspecified atom stereocenters. The molecule has 1 amide bonds. The minimum atomic E-state index is -0.724. The Hall–Kier alpha value is -3.23. The van der Waals surface area contributed by atoms with E-state index in [1.165, 1.54) is 11.8 Å². The number of rotatable bonds is 11. The van der Waals surface area contributed by atoms with Gasteiger partial charge in [0.05, 0.1) is 26.5 Å². The summed E-state index contributed by atoms with van der Waals surface area (Å²) in [5.74, 6) is 1.17. The molecule has 1 aromatic heterocycles. The summed E-state index contributed by atoms with van der Waals surface area (Å²) < 4.78 is 15.7. The van der Waals surface area contributed by atoms with Gasteiger partial charge in [-0.2, -0.15) is 0 Å². The Morgan fingerprint density at radius 3 is 2.29 bits per heavy atom. The molecule has 1 N–H and O–H groups in total. The van der Waals surface area contributed by atoms with Gasteiger partial charge in [0.25, 0.3) is 0 Å². The lowest BCUT2D eigenvalue weighted by Crippen LogP contribution is -2.36. The number of carbonyl (C=O) groups excluding carboxylic acids is 2. The Labute approximate surface area is 229 Å². The standard InChI is InChI=1S/C30H38N2O5S/c1-21-17-23(35-7)12-15-26(21)31-27(33)20-32(19-24-9-8-16-36-24)18-22-10-13-25(14-11-22)38-30(5,6)28(34)37-29(2,3)4/h8-17H,18-20H2,1-7H3,(H,31,33). The maximum Gasteiger partial charge on any atom is 0.322 e. The fourth-order valence-corrected chi connectivity index (χ4v) is 4.73. The van der Waals surface area contributed by atoms with Crippen LogP contribution in [0.3, 0.4) is 0 Å². The molecule has 0 spiro atoms. The summed E-state index contributed by atoms with van der Waals surface area (Å²) in [6.45, 7) is 12.5. The highest BCUT2D eigenvalue weighted by Gasteiger charge is 2.33. The molecule has 0 aliphatic carbocycles. The molecule has 0 atom stereocenters. The number of nitrogens with zero attached hydrogens (tertiary/aromatic N) is 1. The highest BCUT2D eigenvalue weighted by atomic mass is 32.2. The fourth-order valence-electron chi connectivity index (χ4n) is 3.75. The summed E-state index contributed by atoms with van der Waals surface area (Å²) in [6.07, 6.45) is 1.63. The molecule has 38 heavy (non-hydrogen) atoms. The molecular weight excluding hydrogens is 500 g/mol. The van der Waals surface area contributed by atoms with Crippen molar-refractivity contribution in [3.63, 3.8) is 0 Å². The smallest absolute Gasteiger partial charge is 0.322 e. The number of furan rings is 1. The van der Waals surface area contributed by atoms with Crippen molar-refractivity contribution in [1.29, 1.82) is 0 Å². The molecule has 204 valence electrons. The Kier molecular flexibility index (Phi) is 9.68. The van der Waals surface area contributed by atoms with Crippen molar-refractivity contribution < 1.29 is 23.5 Å². The molecular formula is C30H38N2O5S. The number of hydrogen-bond acceptors (Lipinski definition) is 7. The van der Waals surface area contributed by atoms with E-state index < -0.39 is 10.3 Å². The number of benzene rings is 2. The Balaban J connectivity index is 1.67. The highest BCUT2D eigenvalue weighted by molar-refractivity contribution is 8.01. The van der Waals surface area contributed by atoms with Crippen molar-refractivity contribution >= 4 is 29.3 Å². The van der Waals surface area contributed by atoms with Crippen LogP contribution in [0.1, 0.15) is 51.5 Å². The molecule has 7 nitrogen and oxygen atoms in total. The van der Waals surface area contributed by atoms with Crippen LogP contribution in [0.2, 0.25) is 0 Å². The first kappa shape index (κ1) is 29.3. The number of esters is 1. The van der Waals surface area contributed by atoms with Gasteiger partial charge in [-0.25, -0.2) is 0 Å².